The van der Waals surface area contributed by atoms with Crippen molar-refractivity contribution in [1.82, 2.24) is 4.72 Å². The van der Waals surface area contributed by atoms with E-state index in [9.17, 15) is 23.3 Å². The number of amides is 1. The summed E-state index contributed by atoms with van der Waals surface area (Å²) in [6, 6.07) is 7.80. The van der Waals surface area contributed by atoms with Crippen LogP contribution in [0.2, 0.25) is 0 Å². The summed E-state index contributed by atoms with van der Waals surface area (Å²) in [5.41, 5.74) is -0.406. The van der Waals surface area contributed by atoms with Crippen molar-refractivity contribution in [2.75, 3.05) is 26.1 Å². The quantitative estimate of drug-likeness (QED) is 0.331. The maximum absolute atomic E-state index is 12.6. The van der Waals surface area contributed by atoms with Gasteiger partial charge < -0.3 is 14.8 Å². The highest BCUT2D eigenvalue weighted by atomic mass is 32.2. The molecule has 0 atom stereocenters. The van der Waals surface area contributed by atoms with Crippen molar-refractivity contribution in [3.63, 3.8) is 0 Å². The van der Waals surface area contributed by atoms with Crippen molar-refractivity contribution in [3.05, 3.63) is 52.1 Å². The molecule has 0 aliphatic heterocycles. The first kappa shape index (κ1) is 23.1. The Hall–Kier alpha value is -3.18. The third kappa shape index (κ3) is 5.45. The number of hydrogen-bond acceptors (Lipinski definition) is 7. The average Bonchev–Trinajstić information content (AvgIpc) is 2.73. The van der Waals surface area contributed by atoms with Gasteiger partial charge in [-0.25, -0.2) is 13.1 Å². The lowest BCUT2D eigenvalue weighted by Gasteiger charge is -2.11. The number of nitro groups is 1. The molecule has 0 saturated heterocycles. The van der Waals surface area contributed by atoms with Crippen LogP contribution < -0.4 is 19.5 Å². The Bertz CT molecular complexity index is 1020. The number of sulfonamides is 1. The normalized spacial score (nSPS) is 11.0. The van der Waals surface area contributed by atoms with Gasteiger partial charge in [-0.2, -0.15) is 0 Å². The second-order valence-electron chi connectivity index (χ2n) is 6.21. The molecule has 30 heavy (non-hydrogen) atoms. The Balaban J connectivity index is 2.25. The van der Waals surface area contributed by atoms with Crippen LogP contribution in [-0.2, 0) is 10.0 Å². The van der Waals surface area contributed by atoms with E-state index in [-0.39, 0.29) is 27.6 Å². The molecule has 0 aliphatic rings. The van der Waals surface area contributed by atoms with E-state index < -0.39 is 26.5 Å². The van der Waals surface area contributed by atoms with Gasteiger partial charge in [0.15, 0.2) is 11.5 Å². The first-order chi connectivity index (χ1) is 14.2. The van der Waals surface area contributed by atoms with Crippen LogP contribution in [0.3, 0.4) is 0 Å². The largest absolute Gasteiger partial charge is 0.493 e. The number of nitrogens with zero attached hydrogens (tertiary/aromatic N) is 1. The van der Waals surface area contributed by atoms with Gasteiger partial charge in [0.05, 0.1) is 30.1 Å². The number of carbonyl (C=O) groups excluding carboxylic acids is 1. The zero-order chi connectivity index (χ0) is 22.3. The molecular weight excluding hydrogens is 414 g/mol. The molecule has 0 aromatic heterocycles. The molecule has 11 heteroatoms. The summed E-state index contributed by atoms with van der Waals surface area (Å²) in [6.07, 6.45) is 1.58. The van der Waals surface area contributed by atoms with Crippen molar-refractivity contribution >= 4 is 27.3 Å². The molecule has 0 spiro atoms. The molecular formula is C19H23N3O7S. The summed E-state index contributed by atoms with van der Waals surface area (Å²) >= 11 is 0. The van der Waals surface area contributed by atoms with Gasteiger partial charge in [0.25, 0.3) is 11.6 Å². The summed E-state index contributed by atoms with van der Waals surface area (Å²) in [5, 5.41) is 13.9. The van der Waals surface area contributed by atoms with Gasteiger partial charge in [0.1, 0.15) is 5.56 Å². The van der Waals surface area contributed by atoms with Crippen molar-refractivity contribution in [2.45, 2.75) is 24.7 Å². The summed E-state index contributed by atoms with van der Waals surface area (Å²) in [5.74, 6) is -0.474. The summed E-state index contributed by atoms with van der Waals surface area (Å²) < 4.78 is 37.1. The zero-order valence-electron chi connectivity index (χ0n) is 16.8. The van der Waals surface area contributed by atoms with Gasteiger partial charge in [-0.1, -0.05) is 13.3 Å². The molecule has 2 aromatic rings. The number of ether oxygens (including phenoxy) is 2. The van der Waals surface area contributed by atoms with E-state index in [0.29, 0.717) is 6.54 Å². The molecule has 0 saturated carbocycles. The number of methoxy groups -OCH3 is 2. The first-order valence-electron chi connectivity index (χ1n) is 9.05. The molecule has 2 rings (SSSR count). The first-order valence-corrected chi connectivity index (χ1v) is 10.5. The minimum absolute atomic E-state index is 0.0497. The Morgan fingerprint density at radius 2 is 1.70 bits per heavy atom. The SMILES string of the molecule is CCCCNS(=O)(=O)c1ccc(NC(=O)c2cc(OC)c(OC)cc2[N+](=O)[O-])cc1. The second-order valence-corrected chi connectivity index (χ2v) is 7.98. The van der Waals surface area contributed by atoms with Gasteiger partial charge >= 0.3 is 0 Å². The molecule has 2 N–H and O–H groups in total. The fourth-order valence-electron chi connectivity index (χ4n) is 2.58. The van der Waals surface area contributed by atoms with E-state index in [1.165, 1.54) is 44.6 Å². The van der Waals surface area contributed by atoms with E-state index in [2.05, 4.69) is 10.0 Å². The van der Waals surface area contributed by atoms with Crippen LogP contribution in [0.4, 0.5) is 11.4 Å². The standard InChI is InChI=1S/C19H23N3O7S/c1-4-5-10-20-30(26,27)14-8-6-13(7-9-14)21-19(23)15-11-17(28-2)18(29-3)12-16(15)22(24)25/h6-9,11-12,20H,4-5,10H2,1-3H3,(H,21,23). The summed E-state index contributed by atoms with van der Waals surface area (Å²) in [4.78, 5) is 23.3. The molecule has 0 fully saturated rings. The minimum atomic E-state index is -3.65. The van der Waals surface area contributed by atoms with Crippen molar-refractivity contribution < 1.29 is 27.6 Å². The minimum Gasteiger partial charge on any atom is -0.493 e. The second kappa shape index (κ2) is 10.0. The third-order valence-corrected chi connectivity index (χ3v) is 5.67. The van der Waals surface area contributed by atoms with E-state index >= 15 is 0 Å². The monoisotopic (exact) mass is 437 g/mol. The lowest BCUT2D eigenvalue weighted by Crippen LogP contribution is -2.24. The number of nitro benzene ring substituents is 1. The van der Waals surface area contributed by atoms with Gasteiger partial charge in [-0.05, 0) is 30.7 Å². The number of nitrogens with one attached hydrogen (secondary N) is 2. The van der Waals surface area contributed by atoms with Crippen LogP contribution in [0.25, 0.3) is 0 Å². The maximum Gasteiger partial charge on any atom is 0.286 e. The fraction of sp³-hybridized carbons (Fsp3) is 0.316. The van der Waals surface area contributed by atoms with Crippen LogP contribution in [-0.4, -0.2) is 40.0 Å². The Labute approximate surface area is 174 Å². The molecule has 10 nitrogen and oxygen atoms in total. The van der Waals surface area contributed by atoms with Crippen molar-refractivity contribution in [3.8, 4) is 11.5 Å². The lowest BCUT2D eigenvalue weighted by molar-refractivity contribution is -0.385. The number of rotatable bonds is 10. The molecule has 0 unspecified atom stereocenters. The highest BCUT2D eigenvalue weighted by Gasteiger charge is 2.25. The Morgan fingerprint density at radius 3 is 2.23 bits per heavy atom. The molecule has 0 heterocycles. The smallest absolute Gasteiger partial charge is 0.286 e. The lowest BCUT2D eigenvalue weighted by atomic mass is 10.1. The highest BCUT2D eigenvalue weighted by molar-refractivity contribution is 7.89. The number of hydrogen-bond donors (Lipinski definition) is 2. The van der Waals surface area contributed by atoms with Gasteiger partial charge in [-0.3, -0.25) is 14.9 Å². The number of carbonyl (C=O) groups is 1. The third-order valence-electron chi connectivity index (χ3n) is 4.19. The number of unbranched alkanes of at least 4 members (excludes halogenated alkanes) is 1. The Kier molecular flexibility index (Phi) is 7.72. The predicted molar refractivity (Wildman–Crippen MR) is 111 cm³/mol. The molecule has 0 radical (unpaired) electrons. The van der Waals surface area contributed by atoms with E-state index in [1.54, 1.807) is 0 Å². The maximum atomic E-state index is 12.6. The highest BCUT2D eigenvalue weighted by Crippen LogP contribution is 2.34. The van der Waals surface area contributed by atoms with Crippen LogP contribution in [0.15, 0.2) is 41.3 Å². The van der Waals surface area contributed by atoms with Crippen LogP contribution in [0.1, 0.15) is 30.1 Å². The summed E-state index contributed by atoms with van der Waals surface area (Å²) in [7, 11) is -0.973. The van der Waals surface area contributed by atoms with E-state index in [0.717, 1.165) is 18.9 Å². The van der Waals surface area contributed by atoms with Gasteiger partial charge in [0.2, 0.25) is 10.0 Å². The van der Waals surface area contributed by atoms with Crippen LogP contribution in [0.5, 0.6) is 11.5 Å². The van der Waals surface area contributed by atoms with Crippen LogP contribution >= 0.6 is 0 Å². The van der Waals surface area contributed by atoms with Gasteiger partial charge in [0, 0.05) is 18.3 Å². The van der Waals surface area contributed by atoms with Crippen molar-refractivity contribution in [1.29, 1.82) is 0 Å². The molecule has 0 aliphatic carbocycles. The summed E-state index contributed by atoms with van der Waals surface area (Å²) in [6.45, 7) is 2.29. The Morgan fingerprint density at radius 1 is 1.10 bits per heavy atom. The molecule has 2 aromatic carbocycles. The fourth-order valence-corrected chi connectivity index (χ4v) is 3.66. The number of benzene rings is 2. The number of anilines is 1. The van der Waals surface area contributed by atoms with E-state index in [1.807, 2.05) is 6.92 Å². The average molecular weight is 437 g/mol. The van der Waals surface area contributed by atoms with Gasteiger partial charge in [-0.15, -0.1) is 0 Å². The molecule has 0 bridgehead atoms. The zero-order valence-corrected chi connectivity index (χ0v) is 17.6. The van der Waals surface area contributed by atoms with Crippen molar-refractivity contribution in [2.24, 2.45) is 0 Å². The van der Waals surface area contributed by atoms with Crippen LogP contribution in [0, 0.1) is 10.1 Å². The predicted octanol–water partition coefficient (Wildman–Crippen LogP) is 2.94. The molecule has 1 amide bonds. The molecule has 162 valence electrons. The topological polar surface area (TPSA) is 137 Å². The van der Waals surface area contributed by atoms with E-state index in [4.69, 9.17) is 9.47 Å².